The second-order valence-corrected chi connectivity index (χ2v) is 5.93. The quantitative estimate of drug-likeness (QED) is 0.811. The number of rotatable bonds is 6. The van der Waals surface area contributed by atoms with Crippen LogP contribution < -0.4 is 10.1 Å². The Bertz CT molecular complexity index is 598. The molecule has 2 amide bonds. The normalized spacial score (nSPS) is 16.3. The van der Waals surface area contributed by atoms with Gasteiger partial charge in [-0.2, -0.15) is 0 Å². The molecule has 0 bridgehead atoms. The van der Waals surface area contributed by atoms with E-state index in [1.54, 1.807) is 17.0 Å². The van der Waals surface area contributed by atoms with Crippen LogP contribution in [-0.4, -0.2) is 42.5 Å². The molecule has 0 saturated carbocycles. The van der Waals surface area contributed by atoms with Crippen molar-refractivity contribution in [1.29, 1.82) is 0 Å². The lowest BCUT2D eigenvalue weighted by molar-refractivity contribution is -0.132. The maximum absolute atomic E-state index is 13.1. The number of piperidine rings is 1. The van der Waals surface area contributed by atoms with Crippen molar-refractivity contribution in [2.24, 2.45) is 5.92 Å². The number of hydrogen-bond donors (Lipinski definition) is 1. The molecule has 0 aromatic heterocycles. The third-order valence-corrected chi connectivity index (χ3v) is 4.05. The molecule has 1 aromatic carbocycles. The summed E-state index contributed by atoms with van der Waals surface area (Å²) in [5.41, 5.74) is 0. The first kappa shape index (κ1) is 18.0. The predicted octanol–water partition coefficient (Wildman–Crippen LogP) is 2.13. The summed E-state index contributed by atoms with van der Waals surface area (Å²) in [5.74, 6) is -0.140. The summed E-state index contributed by atoms with van der Waals surface area (Å²) in [4.78, 5) is 25.4. The monoisotopic (exact) mass is 334 g/mol. The van der Waals surface area contributed by atoms with Crippen molar-refractivity contribution in [3.63, 3.8) is 0 Å². The Labute approximate surface area is 141 Å². The zero-order valence-corrected chi connectivity index (χ0v) is 13.8. The van der Waals surface area contributed by atoms with E-state index in [9.17, 15) is 14.0 Å². The van der Waals surface area contributed by atoms with Gasteiger partial charge in [-0.1, -0.05) is 12.6 Å². The highest BCUT2D eigenvalue weighted by Crippen LogP contribution is 2.18. The minimum Gasteiger partial charge on any atom is -0.489 e. The first-order chi connectivity index (χ1) is 11.5. The molecule has 1 N–H and O–H groups in total. The van der Waals surface area contributed by atoms with Gasteiger partial charge in [0.05, 0.1) is 6.54 Å². The Morgan fingerprint density at radius 2 is 2.17 bits per heavy atom. The molecule has 0 radical (unpaired) electrons. The van der Waals surface area contributed by atoms with Crippen LogP contribution in [0.3, 0.4) is 0 Å². The minimum atomic E-state index is -0.357. The number of carbonyl (C=O) groups is 2. The van der Waals surface area contributed by atoms with Crippen LogP contribution in [0.5, 0.6) is 5.75 Å². The van der Waals surface area contributed by atoms with Crippen LogP contribution >= 0.6 is 0 Å². The zero-order valence-electron chi connectivity index (χ0n) is 13.8. The van der Waals surface area contributed by atoms with Crippen LogP contribution in [0, 0.1) is 11.7 Å². The predicted molar refractivity (Wildman–Crippen MR) is 89.0 cm³/mol. The van der Waals surface area contributed by atoms with Crippen LogP contribution in [0.25, 0.3) is 0 Å². The fourth-order valence-electron chi connectivity index (χ4n) is 2.69. The standard InChI is InChI=1S/C18H23FN2O3/c1-3-17(22)21-9-7-14(8-10-21)18(23)20-12-13(2)24-16-6-4-5-15(19)11-16/h3-6,11,13-14H,1,7-10,12H2,2H3,(H,20,23). The maximum atomic E-state index is 13.1. The smallest absolute Gasteiger partial charge is 0.245 e. The van der Waals surface area contributed by atoms with Crippen LogP contribution in [0.15, 0.2) is 36.9 Å². The molecule has 1 heterocycles. The molecule has 24 heavy (non-hydrogen) atoms. The fourth-order valence-corrected chi connectivity index (χ4v) is 2.69. The van der Waals surface area contributed by atoms with Crippen LogP contribution in [-0.2, 0) is 9.59 Å². The van der Waals surface area contributed by atoms with Crippen molar-refractivity contribution in [1.82, 2.24) is 10.2 Å². The van der Waals surface area contributed by atoms with Gasteiger partial charge in [0.1, 0.15) is 17.7 Å². The molecule has 1 atom stereocenters. The zero-order chi connectivity index (χ0) is 17.5. The Kier molecular flexibility index (Phi) is 6.35. The number of benzene rings is 1. The lowest BCUT2D eigenvalue weighted by Crippen LogP contribution is -2.44. The lowest BCUT2D eigenvalue weighted by atomic mass is 9.96. The van der Waals surface area contributed by atoms with E-state index in [0.29, 0.717) is 38.2 Å². The van der Waals surface area contributed by atoms with Crippen LogP contribution in [0.2, 0.25) is 0 Å². The first-order valence-corrected chi connectivity index (χ1v) is 8.11. The molecule has 1 aliphatic rings. The van der Waals surface area contributed by atoms with E-state index in [1.807, 2.05) is 6.92 Å². The second-order valence-electron chi connectivity index (χ2n) is 5.93. The van der Waals surface area contributed by atoms with Crippen molar-refractivity contribution in [3.05, 3.63) is 42.7 Å². The Hall–Kier alpha value is -2.37. The summed E-state index contributed by atoms with van der Waals surface area (Å²) in [5, 5.41) is 2.86. The summed E-state index contributed by atoms with van der Waals surface area (Å²) in [6.07, 6.45) is 2.32. The van der Waals surface area contributed by atoms with Gasteiger partial charge in [-0.15, -0.1) is 0 Å². The van der Waals surface area contributed by atoms with Crippen molar-refractivity contribution in [3.8, 4) is 5.75 Å². The van der Waals surface area contributed by atoms with E-state index in [4.69, 9.17) is 4.74 Å². The Morgan fingerprint density at radius 3 is 2.79 bits per heavy atom. The Morgan fingerprint density at radius 1 is 1.46 bits per heavy atom. The van der Waals surface area contributed by atoms with Gasteiger partial charge in [-0.3, -0.25) is 9.59 Å². The van der Waals surface area contributed by atoms with Gasteiger partial charge >= 0.3 is 0 Å². The summed E-state index contributed by atoms with van der Waals surface area (Å²) >= 11 is 0. The number of likely N-dealkylation sites (tertiary alicyclic amines) is 1. The molecular formula is C18H23FN2O3. The number of hydrogen-bond acceptors (Lipinski definition) is 3. The first-order valence-electron chi connectivity index (χ1n) is 8.11. The molecule has 5 nitrogen and oxygen atoms in total. The molecule has 0 spiro atoms. The summed E-state index contributed by atoms with van der Waals surface area (Å²) < 4.78 is 18.7. The fraction of sp³-hybridized carbons (Fsp3) is 0.444. The molecule has 130 valence electrons. The number of amides is 2. The summed E-state index contributed by atoms with van der Waals surface area (Å²) in [7, 11) is 0. The largest absolute Gasteiger partial charge is 0.489 e. The highest BCUT2D eigenvalue weighted by atomic mass is 19.1. The van der Waals surface area contributed by atoms with Crippen molar-refractivity contribution >= 4 is 11.8 Å². The molecule has 6 heteroatoms. The average Bonchev–Trinajstić information content (AvgIpc) is 2.59. The minimum absolute atomic E-state index is 0.0320. The van der Waals surface area contributed by atoms with E-state index in [-0.39, 0.29) is 29.7 Å². The van der Waals surface area contributed by atoms with E-state index >= 15 is 0 Å². The molecule has 1 aromatic rings. The number of carbonyl (C=O) groups excluding carboxylic acids is 2. The number of nitrogens with zero attached hydrogens (tertiary/aromatic N) is 1. The van der Waals surface area contributed by atoms with Gasteiger partial charge in [0.15, 0.2) is 0 Å². The van der Waals surface area contributed by atoms with Crippen LogP contribution in [0.4, 0.5) is 4.39 Å². The molecule has 1 unspecified atom stereocenters. The van der Waals surface area contributed by atoms with E-state index in [0.717, 1.165) is 0 Å². The van der Waals surface area contributed by atoms with E-state index < -0.39 is 0 Å². The number of nitrogens with one attached hydrogen (secondary N) is 1. The van der Waals surface area contributed by atoms with Crippen molar-refractivity contribution in [2.45, 2.75) is 25.9 Å². The summed E-state index contributed by atoms with van der Waals surface area (Å²) in [6.45, 7) is 6.77. The van der Waals surface area contributed by atoms with E-state index in [2.05, 4.69) is 11.9 Å². The third-order valence-electron chi connectivity index (χ3n) is 4.05. The number of ether oxygens (including phenoxy) is 1. The lowest BCUT2D eigenvalue weighted by Gasteiger charge is -2.30. The van der Waals surface area contributed by atoms with Crippen LogP contribution in [0.1, 0.15) is 19.8 Å². The van der Waals surface area contributed by atoms with Crippen molar-refractivity contribution in [2.75, 3.05) is 19.6 Å². The van der Waals surface area contributed by atoms with Gasteiger partial charge in [0.2, 0.25) is 11.8 Å². The highest BCUT2D eigenvalue weighted by Gasteiger charge is 2.26. The Balaban J connectivity index is 1.73. The molecule has 1 aliphatic heterocycles. The van der Waals surface area contributed by atoms with Gasteiger partial charge in [-0.25, -0.2) is 4.39 Å². The van der Waals surface area contributed by atoms with Gasteiger partial charge in [0.25, 0.3) is 0 Å². The van der Waals surface area contributed by atoms with Gasteiger partial charge in [-0.05, 0) is 38.0 Å². The van der Waals surface area contributed by atoms with Gasteiger partial charge < -0.3 is 15.0 Å². The third kappa shape index (κ3) is 5.08. The van der Waals surface area contributed by atoms with Gasteiger partial charge in [0, 0.05) is 25.1 Å². The topological polar surface area (TPSA) is 58.6 Å². The average molecular weight is 334 g/mol. The molecule has 2 rings (SSSR count). The second kappa shape index (κ2) is 8.47. The number of halogens is 1. The maximum Gasteiger partial charge on any atom is 0.245 e. The van der Waals surface area contributed by atoms with Crippen molar-refractivity contribution < 1.29 is 18.7 Å². The van der Waals surface area contributed by atoms with E-state index in [1.165, 1.54) is 18.2 Å². The molecule has 1 saturated heterocycles. The molecule has 0 aliphatic carbocycles. The highest BCUT2D eigenvalue weighted by molar-refractivity contribution is 5.87. The SMILES string of the molecule is C=CC(=O)N1CCC(C(=O)NCC(C)Oc2cccc(F)c2)CC1. The molecular weight excluding hydrogens is 311 g/mol. The molecule has 1 fully saturated rings. The summed E-state index contributed by atoms with van der Waals surface area (Å²) in [6, 6.07) is 5.91.